The topological polar surface area (TPSA) is 75.6 Å². The zero-order valence-corrected chi connectivity index (χ0v) is 14.0. The first-order chi connectivity index (χ1) is 11.0. The van der Waals surface area contributed by atoms with E-state index in [2.05, 4.69) is 5.32 Å². The van der Waals surface area contributed by atoms with Gasteiger partial charge in [-0.15, -0.1) is 11.3 Å². The van der Waals surface area contributed by atoms with Crippen LogP contribution in [-0.4, -0.2) is 24.1 Å². The number of methoxy groups -OCH3 is 1. The van der Waals surface area contributed by atoms with E-state index in [1.807, 2.05) is 6.07 Å². The lowest BCUT2D eigenvalue weighted by atomic mass is 10.0. The number of amides is 1. The fourth-order valence-electron chi connectivity index (χ4n) is 2.15. The van der Waals surface area contributed by atoms with E-state index in [4.69, 9.17) is 21.4 Å². The summed E-state index contributed by atoms with van der Waals surface area (Å²) in [5.41, 5.74) is 1.47. The van der Waals surface area contributed by atoms with Gasteiger partial charge >= 0.3 is 5.97 Å². The first-order valence-corrected chi connectivity index (χ1v) is 8.10. The van der Waals surface area contributed by atoms with Crippen molar-refractivity contribution in [2.75, 3.05) is 7.11 Å². The Kier molecular flexibility index (Phi) is 6.15. The number of nitrogens with one attached hydrogen (secondary N) is 1. The number of rotatable bonds is 7. The number of carbonyl (C=O) groups excluding carboxylic acids is 1. The Labute approximate surface area is 142 Å². The predicted octanol–water partition coefficient (Wildman–Crippen LogP) is 3.49. The molecule has 7 heteroatoms. The van der Waals surface area contributed by atoms with Crippen LogP contribution in [0.4, 0.5) is 0 Å². The smallest absolute Gasteiger partial charge is 0.305 e. The highest BCUT2D eigenvalue weighted by Gasteiger charge is 2.21. The SMILES string of the molecule is COCc1ccsc1C(=O)N[C@@H](CC(=O)O)c1ccc(Cl)cc1. The molecule has 1 amide bonds. The zero-order chi connectivity index (χ0) is 16.8. The third-order valence-electron chi connectivity index (χ3n) is 3.21. The van der Waals surface area contributed by atoms with Gasteiger partial charge in [0.1, 0.15) is 0 Å². The maximum atomic E-state index is 12.5. The third kappa shape index (κ3) is 4.79. The van der Waals surface area contributed by atoms with Crippen molar-refractivity contribution in [2.24, 2.45) is 0 Å². The number of ether oxygens (including phenoxy) is 1. The number of carboxylic acid groups (broad SMARTS) is 1. The number of halogens is 1. The van der Waals surface area contributed by atoms with Crippen LogP contribution < -0.4 is 5.32 Å². The Hall–Kier alpha value is -1.89. The Balaban J connectivity index is 2.19. The van der Waals surface area contributed by atoms with Crippen LogP contribution in [0.5, 0.6) is 0 Å². The Morgan fingerprint density at radius 2 is 2.00 bits per heavy atom. The second kappa shape index (κ2) is 8.10. The molecule has 0 saturated carbocycles. The summed E-state index contributed by atoms with van der Waals surface area (Å²) in [4.78, 5) is 24.1. The van der Waals surface area contributed by atoms with Crippen LogP contribution in [0.25, 0.3) is 0 Å². The highest BCUT2D eigenvalue weighted by Crippen LogP contribution is 2.23. The number of thiophene rings is 1. The lowest BCUT2D eigenvalue weighted by Gasteiger charge is -2.17. The molecular formula is C16H16ClNO4S. The first-order valence-electron chi connectivity index (χ1n) is 6.84. The first kappa shape index (κ1) is 17.5. The largest absolute Gasteiger partial charge is 0.481 e. The Morgan fingerprint density at radius 1 is 1.30 bits per heavy atom. The molecule has 0 radical (unpaired) electrons. The van der Waals surface area contributed by atoms with E-state index in [9.17, 15) is 9.59 Å². The molecule has 0 aliphatic carbocycles. The van der Waals surface area contributed by atoms with E-state index < -0.39 is 12.0 Å². The summed E-state index contributed by atoms with van der Waals surface area (Å²) in [5.74, 6) is -1.30. The molecule has 2 N–H and O–H groups in total. The van der Waals surface area contributed by atoms with E-state index >= 15 is 0 Å². The molecule has 0 spiro atoms. The molecule has 1 heterocycles. The lowest BCUT2D eigenvalue weighted by molar-refractivity contribution is -0.137. The summed E-state index contributed by atoms with van der Waals surface area (Å²) in [6, 6.07) is 7.94. The predicted molar refractivity (Wildman–Crippen MR) is 88.9 cm³/mol. The highest BCUT2D eigenvalue weighted by molar-refractivity contribution is 7.12. The molecule has 0 bridgehead atoms. The molecule has 1 atom stereocenters. The Morgan fingerprint density at radius 3 is 2.61 bits per heavy atom. The number of benzene rings is 1. The highest BCUT2D eigenvalue weighted by atomic mass is 35.5. The standard InChI is InChI=1S/C16H16ClNO4S/c1-22-9-11-6-7-23-15(11)16(21)18-13(8-14(19)20)10-2-4-12(17)5-3-10/h2-7,13H,8-9H2,1H3,(H,18,21)(H,19,20)/t13-/m0/s1. The molecular weight excluding hydrogens is 338 g/mol. The van der Waals surface area contributed by atoms with Gasteiger partial charge in [0.25, 0.3) is 5.91 Å². The van der Waals surface area contributed by atoms with Crippen molar-refractivity contribution in [1.82, 2.24) is 5.32 Å². The maximum absolute atomic E-state index is 12.5. The number of aliphatic carboxylic acids is 1. The molecule has 2 rings (SSSR count). The summed E-state index contributed by atoms with van der Waals surface area (Å²) in [5, 5.41) is 14.2. The van der Waals surface area contributed by atoms with Crippen molar-refractivity contribution in [3.63, 3.8) is 0 Å². The van der Waals surface area contributed by atoms with Crippen LogP contribution in [0.15, 0.2) is 35.7 Å². The molecule has 0 fully saturated rings. The zero-order valence-electron chi connectivity index (χ0n) is 12.4. The van der Waals surface area contributed by atoms with E-state index in [1.165, 1.54) is 11.3 Å². The van der Waals surface area contributed by atoms with Gasteiger partial charge in [-0.1, -0.05) is 23.7 Å². The number of carbonyl (C=O) groups is 2. The minimum Gasteiger partial charge on any atom is -0.481 e. The summed E-state index contributed by atoms with van der Waals surface area (Å²) < 4.78 is 5.06. The van der Waals surface area contributed by atoms with Crippen LogP contribution in [0.3, 0.4) is 0 Å². The molecule has 1 aromatic heterocycles. The van der Waals surface area contributed by atoms with Crippen LogP contribution in [0.1, 0.15) is 33.3 Å². The van der Waals surface area contributed by atoms with Gasteiger partial charge < -0.3 is 15.2 Å². The fraction of sp³-hybridized carbons (Fsp3) is 0.250. The number of hydrogen-bond acceptors (Lipinski definition) is 4. The second-order valence-corrected chi connectivity index (χ2v) is 6.24. The van der Waals surface area contributed by atoms with Gasteiger partial charge in [-0.2, -0.15) is 0 Å². The van der Waals surface area contributed by atoms with Gasteiger partial charge in [-0.25, -0.2) is 0 Å². The van der Waals surface area contributed by atoms with Crippen LogP contribution in [0, 0.1) is 0 Å². The molecule has 23 heavy (non-hydrogen) atoms. The van der Waals surface area contributed by atoms with Crippen molar-refractivity contribution in [3.8, 4) is 0 Å². The summed E-state index contributed by atoms with van der Waals surface area (Å²) in [6.07, 6.45) is -0.210. The van der Waals surface area contributed by atoms with Gasteiger partial charge in [0, 0.05) is 17.7 Å². The maximum Gasteiger partial charge on any atom is 0.305 e. The van der Waals surface area contributed by atoms with Crippen molar-refractivity contribution >= 4 is 34.8 Å². The summed E-state index contributed by atoms with van der Waals surface area (Å²) in [7, 11) is 1.56. The average Bonchev–Trinajstić information content (AvgIpc) is 2.95. The van der Waals surface area contributed by atoms with E-state index in [1.54, 1.807) is 36.8 Å². The van der Waals surface area contributed by atoms with E-state index in [0.717, 1.165) is 5.56 Å². The monoisotopic (exact) mass is 353 g/mol. The second-order valence-electron chi connectivity index (χ2n) is 4.88. The van der Waals surface area contributed by atoms with Crippen molar-refractivity contribution < 1.29 is 19.4 Å². The lowest BCUT2D eigenvalue weighted by Crippen LogP contribution is -2.30. The molecule has 0 unspecified atom stereocenters. The molecule has 0 aliphatic rings. The van der Waals surface area contributed by atoms with Crippen molar-refractivity contribution in [3.05, 3.63) is 56.7 Å². The third-order valence-corrected chi connectivity index (χ3v) is 4.42. The van der Waals surface area contributed by atoms with Gasteiger partial charge in [-0.3, -0.25) is 9.59 Å². The quantitative estimate of drug-likeness (QED) is 0.798. The van der Waals surface area contributed by atoms with Crippen LogP contribution >= 0.6 is 22.9 Å². The van der Waals surface area contributed by atoms with Crippen molar-refractivity contribution in [2.45, 2.75) is 19.1 Å². The summed E-state index contributed by atoms with van der Waals surface area (Å²) in [6.45, 7) is 0.330. The van der Waals surface area contributed by atoms with E-state index in [0.29, 0.717) is 22.1 Å². The normalized spacial score (nSPS) is 11.9. The number of hydrogen-bond donors (Lipinski definition) is 2. The van der Waals surface area contributed by atoms with Gasteiger partial charge in [0.05, 0.1) is 23.9 Å². The average molecular weight is 354 g/mol. The molecule has 122 valence electrons. The van der Waals surface area contributed by atoms with E-state index in [-0.39, 0.29) is 12.3 Å². The molecule has 1 aromatic carbocycles. The molecule has 2 aromatic rings. The number of carboxylic acids is 1. The van der Waals surface area contributed by atoms with Crippen LogP contribution in [-0.2, 0) is 16.1 Å². The summed E-state index contributed by atoms with van der Waals surface area (Å²) >= 11 is 7.14. The Bertz CT molecular complexity index is 684. The van der Waals surface area contributed by atoms with Gasteiger partial charge in [0.2, 0.25) is 0 Å². The van der Waals surface area contributed by atoms with Gasteiger partial charge in [-0.05, 0) is 29.1 Å². The molecule has 0 aliphatic heterocycles. The minimum atomic E-state index is -0.992. The molecule has 5 nitrogen and oxygen atoms in total. The van der Waals surface area contributed by atoms with Crippen LogP contribution in [0.2, 0.25) is 5.02 Å². The fourth-order valence-corrected chi connectivity index (χ4v) is 3.09. The minimum absolute atomic E-state index is 0.210. The molecule has 0 saturated heterocycles. The van der Waals surface area contributed by atoms with Crippen molar-refractivity contribution in [1.29, 1.82) is 0 Å². The van der Waals surface area contributed by atoms with Gasteiger partial charge in [0.15, 0.2) is 0 Å².